The van der Waals surface area contributed by atoms with Gasteiger partial charge in [0, 0.05) is 11.6 Å². The lowest BCUT2D eigenvalue weighted by molar-refractivity contribution is -0.384. The number of carbonyl (C=O) groups excluding carboxylic acids is 1. The minimum atomic E-state index is -0.515. The molecule has 0 spiro atoms. The molecule has 25 heavy (non-hydrogen) atoms. The molecule has 2 rings (SSSR count). The number of nitro groups is 1. The van der Waals surface area contributed by atoms with Gasteiger partial charge in [-0.05, 0) is 26.0 Å². The largest absolute Gasteiger partial charge is 0.496 e. The van der Waals surface area contributed by atoms with Crippen molar-refractivity contribution in [3.63, 3.8) is 0 Å². The van der Waals surface area contributed by atoms with E-state index in [1.54, 1.807) is 13.2 Å². The molecule has 132 valence electrons. The molecule has 7 heteroatoms. The van der Waals surface area contributed by atoms with Crippen LogP contribution in [0.15, 0.2) is 42.5 Å². The lowest BCUT2D eigenvalue weighted by Crippen LogP contribution is -2.31. The van der Waals surface area contributed by atoms with Crippen molar-refractivity contribution in [2.75, 3.05) is 13.7 Å². The molecule has 0 saturated carbocycles. The molecule has 0 aromatic heterocycles. The Bertz CT molecular complexity index is 776. The molecular formula is C18H20N2O5. The van der Waals surface area contributed by atoms with Gasteiger partial charge >= 0.3 is 0 Å². The Morgan fingerprint density at radius 3 is 2.72 bits per heavy atom. The van der Waals surface area contributed by atoms with Crippen molar-refractivity contribution in [1.29, 1.82) is 0 Å². The quantitative estimate of drug-likeness (QED) is 0.615. The summed E-state index contributed by atoms with van der Waals surface area (Å²) in [6.45, 7) is 3.57. The Morgan fingerprint density at radius 2 is 2.04 bits per heavy atom. The standard InChI is InChI=1S/C18H20N2O5/c1-12-7-8-17(24-3)16(9-12)13(2)19-18(21)11-25-15-6-4-5-14(10-15)20(22)23/h4-10,13H,11H2,1-3H3,(H,19,21)/t13-/m1/s1. The van der Waals surface area contributed by atoms with Gasteiger partial charge in [-0.2, -0.15) is 0 Å². The second-order valence-corrected chi connectivity index (χ2v) is 5.58. The summed E-state index contributed by atoms with van der Waals surface area (Å²) in [5, 5.41) is 13.6. The molecule has 1 amide bonds. The van der Waals surface area contributed by atoms with Crippen LogP contribution in [-0.2, 0) is 4.79 Å². The number of rotatable bonds is 7. The van der Waals surface area contributed by atoms with Crippen LogP contribution in [0.25, 0.3) is 0 Å². The van der Waals surface area contributed by atoms with Gasteiger partial charge in [0.15, 0.2) is 6.61 Å². The molecule has 0 bridgehead atoms. The second-order valence-electron chi connectivity index (χ2n) is 5.58. The number of carbonyl (C=O) groups is 1. The first-order valence-corrected chi connectivity index (χ1v) is 7.72. The summed E-state index contributed by atoms with van der Waals surface area (Å²) in [4.78, 5) is 22.3. The Balaban J connectivity index is 1.97. The van der Waals surface area contributed by atoms with Crippen molar-refractivity contribution in [3.05, 3.63) is 63.7 Å². The van der Waals surface area contributed by atoms with Crippen molar-refractivity contribution in [2.45, 2.75) is 19.9 Å². The SMILES string of the molecule is COc1ccc(C)cc1[C@@H](C)NC(=O)COc1cccc([N+](=O)[O-])c1. The highest BCUT2D eigenvalue weighted by atomic mass is 16.6. The van der Waals surface area contributed by atoms with E-state index in [1.807, 2.05) is 32.0 Å². The first kappa shape index (κ1) is 18.3. The van der Waals surface area contributed by atoms with E-state index < -0.39 is 4.92 Å². The zero-order valence-corrected chi connectivity index (χ0v) is 14.3. The molecule has 2 aromatic rings. The van der Waals surface area contributed by atoms with Gasteiger partial charge in [-0.25, -0.2) is 0 Å². The summed E-state index contributed by atoms with van der Waals surface area (Å²) in [6.07, 6.45) is 0. The molecule has 2 aromatic carbocycles. The monoisotopic (exact) mass is 344 g/mol. The highest BCUT2D eigenvalue weighted by Crippen LogP contribution is 2.26. The van der Waals surface area contributed by atoms with E-state index in [2.05, 4.69) is 5.32 Å². The molecular weight excluding hydrogens is 324 g/mol. The molecule has 0 saturated heterocycles. The van der Waals surface area contributed by atoms with Crippen LogP contribution in [0.5, 0.6) is 11.5 Å². The normalized spacial score (nSPS) is 11.5. The number of methoxy groups -OCH3 is 1. The molecule has 0 radical (unpaired) electrons. The highest BCUT2D eigenvalue weighted by molar-refractivity contribution is 5.78. The van der Waals surface area contributed by atoms with E-state index >= 15 is 0 Å². The molecule has 0 aliphatic rings. The summed E-state index contributed by atoms with van der Waals surface area (Å²) >= 11 is 0. The van der Waals surface area contributed by atoms with Crippen LogP contribution in [0.2, 0.25) is 0 Å². The van der Waals surface area contributed by atoms with Crippen molar-refractivity contribution in [2.24, 2.45) is 0 Å². The fourth-order valence-electron chi connectivity index (χ4n) is 2.39. The van der Waals surface area contributed by atoms with E-state index in [4.69, 9.17) is 9.47 Å². The average molecular weight is 344 g/mol. The smallest absolute Gasteiger partial charge is 0.273 e. The first-order chi connectivity index (χ1) is 11.9. The Morgan fingerprint density at radius 1 is 1.28 bits per heavy atom. The third-order valence-electron chi connectivity index (χ3n) is 3.63. The molecule has 1 N–H and O–H groups in total. The summed E-state index contributed by atoms with van der Waals surface area (Å²) < 4.78 is 10.6. The maximum atomic E-state index is 12.1. The number of hydrogen-bond acceptors (Lipinski definition) is 5. The third-order valence-corrected chi connectivity index (χ3v) is 3.63. The molecule has 0 unspecified atom stereocenters. The van der Waals surface area contributed by atoms with E-state index in [9.17, 15) is 14.9 Å². The molecule has 0 aliphatic heterocycles. The van der Waals surface area contributed by atoms with Crippen molar-refractivity contribution >= 4 is 11.6 Å². The number of nitrogens with zero attached hydrogens (tertiary/aromatic N) is 1. The van der Waals surface area contributed by atoms with Gasteiger partial charge in [-0.15, -0.1) is 0 Å². The Labute approximate surface area is 145 Å². The van der Waals surface area contributed by atoms with E-state index in [0.29, 0.717) is 5.75 Å². The van der Waals surface area contributed by atoms with Crippen LogP contribution in [-0.4, -0.2) is 24.5 Å². The van der Waals surface area contributed by atoms with E-state index in [-0.39, 0.29) is 30.0 Å². The number of nitro benzene ring substituents is 1. The number of non-ortho nitro benzene ring substituents is 1. The number of hydrogen-bond donors (Lipinski definition) is 1. The predicted octanol–water partition coefficient (Wildman–Crippen LogP) is 3.17. The van der Waals surface area contributed by atoms with Gasteiger partial charge in [-0.1, -0.05) is 23.8 Å². The van der Waals surface area contributed by atoms with Crippen LogP contribution >= 0.6 is 0 Å². The van der Waals surface area contributed by atoms with Crippen molar-refractivity contribution < 1.29 is 19.2 Å². The topological polar surface area (TPSA) is 90.7 Å². The van der Waals surface area contributed by atoms with Gasteiger partial charge < -0.3 is 14.8 Å². The number of amides is 1. The van der Waals surface area contributed by atoms with Gasteiger partial charge in [0.05, 0.1) is 24.1 Å². The van der Waals surface area contributed by atoms with Crippen LogP contribution in [0.1, 0.15) is 24.1 Å². The summed E-state index contributed by atoms with van der Waals surface area (Å²) in [5.41, 5.74) is 1.84. The van der Waals surface area contributed by atoms with E-state index in [0.717, 1.165) is 11.1 Å². The van der Waals surface area contributed by atoms with Crippen LogP contribution in [0.4, 0.5) is 5.69 Å². The molecule has 0 fully saturated rings. The lowest BCUT2D eigenvalue weighted by Gasteiger charge is -2.18. The maximum absolute atomic E-state index is 12.1. The zero-order valence-electron chi connectivity index (χ0n) is 14.3. The Kier molecular flexibility index (Phi) is 5.94. The number of aryl methyl sites for hydroxylation is 1. The zero-order chi connectivity index (χ0) is 18.4. The second kappa shape index (κ2) is 8.14. The summed E-state index contributed by atoms with van der Waals surface area (Å²) in [5.74, 6) is 0.630. The lowest BCUT2D eigenvalue weighted by atomic mass is 10.0. The minimum absolute atomic E-state index is 0.0872. The van der Waals surface area contributed by atoms with Gasteiger partial charge in [0.1, 0.15) is 11.5 Å². The molecule has 0 heterocycles. The number of nitrogens with one attached hydrogen (secondary N) is 1. The fraction of sp³-hybridized carbons (Fsp3) is 0.278. The Hall–Kier alpha value is -3.09. The predicted molar refractivity (Wildman–Crippen MR) is 92.9 cm³/mol. The maximum Gasteiger partial charge on any atom is 0.273 e. The van der Waals surface area contributed by atoms with Gasteiger partial charge in [0.2, 0.25) is 0 Å². The third kappa shape index (κ3) is 4.94. The van der Waals surface area contributed by atoms with Crippen molar-refractivity contribution in [1.82, 2.24) is 5.32 Å². The number of benzene rings is 2. The van der Waals surface area contributed by atoms with Crippen molar-refractivity contribution in [3.8, 4) is 11.5 Å². The van der Waals surface area contributed by atoms with E-state index in [1.165, 1.54) is 18.2 Å². The molecule has 7 nitrogen and oxygen atoms in total. The van der Waals surface area contributed by atoms with Gasteiger partial charge in [0.25, 0.3) is 11.6 Å². The van der Waals surface area contributed by atoms with Gasteiger partial charge in [-0.3, -0.25) is 14.9 Å². The summed E-state index contributed by atoms with van der Waals surface area (Å²) in [6, 6.07) is 11.2. The highest BCUT2D eigenvalue weighted by Gasteiger charge is 2.15. The van der Waals surface area contributed by atoms with Crippen LogP contribution in [0.3, 0.4) is 0 Å². The summed E-state index contributed by atoms with van der Waals surface area (Å²) in [7, 11) is 1.58. The fourth-order valence-corrected chi connectivity index (χ4v) is 2.39. The molecule has 0 aliphatic carbocycles. The van der Waals surface area contributed by atoms with Crippen LogP contribution in [0, 0.1) is 17.0 Å². The number of ether oxygens (including phenoxy) is 2. The first-order valence-electron chi connectivity index (χ1n) is 7.72. The minimum Gasteiger partial charge on any atom is -0.496 e. The average Bonchev–Trinajstić information content (AvgIpc) is 2.60. The van der Waals surface area contributed by atoms with Crippen LogP contribution < -0.4 is 14.8 Å². The molecule has 1 atom stereocenters.